The van der Waals surface area contributed by atoms with E-state index in [4.69, 9.17) is 23.7 Å². The lowest BCUT2D eigenvalue weighted by atomic mass is 9.94. The van der Waals surface area contributed by atoms with E-state index in [1.54, 1.807) is 36.4 Å². The number of amides is 1. The van der Waals surface area contributed by atoms with Gasteiger partial charge in [0.05, 0.1) is 52.2 Å². The molecule has 176 valence electrons. The molecule has 0 spiro atoms. The number of carbonyl (C=O) groups excluding carboxylic acids is 2. The Morgan fingerprint density at radius 3 is 2.27 bits per heavy atom. The Morgan fingerprint density at radius 2 is 1.67 bits per heavy atom. The maximum absolute atomic E-state index is 13.2. The lowest BCUT2D eigenvalue weighted by Gasteiger charge is -2.27. The molecule has 0 aliphatic carbocycles. The molecule has 0 radical (unpaired) electrons. The van der Waals surface area contributed by atoms with E-state index >= 15 is 0 Å². The topological polar surface area (TPSA) is 104 Å². The highest BCUT2D eigenvalue weighted by Crippen LogP contribution is 2.46. The minimum atomic E-state index is -0.933. The van der Waals surface area contributed by atoms with Crippen molar-refractivity contribution >= 4 is 17.4 Å². The number of hydrogen-bond acceptors (Lipinski definition) is 8. The van der Waals surface area contributed by atoms with E-state index in [0.717, 1.165) is 0 Å². The average Bonchev–Trinajstić information content (AvgIpc) is 3.10. The van der Waals surface area contributed by atoms with Crippen LogP contribution in [-0.2, 0) is 14.3 Å². The summed E-state index contributed by atoms with van der Waals surface area (Å²) in [6, 6.07) is 8.98. The van der Waals surface area contributed by atoms with E-state index in [9.17, 15) is 14.7 Å². The third-order valence-corrected chi connectivity index (χ3v) is 5.47. The first kappa shape index (κ1) is 23.9. The Hall–Kier alpha value is -3.72. The molecule has 1 heterocycles. The fourth-order valence-corrected chi connectivity index (χ4v) is 3.89. The van der Waals surface area contributed by atoms with Gasteiger partial charge in [0, 0.05) is 25.3 Å². The zero-order chi connectivity index (χ0) is 24.1. The molecule has 9 heteroatoms. The SMILES string of the molecule is COCCN1C(=O)C(=O)/C(=C(/O)c2ccc(OC)cc2OC)C1c1cccc(OC)c1OC. The Morgan fingerprint density at radius 1 is 0.939 bits per heavy atom. The number of benzene rings is 2. The zero-order valence-electron chi connectivity index (χ0n) is 19.2. The Balaban J connectivity index is 2.29. The molecule has 1 saturated heterocycles. The standard InChI is InChI=1S/C24H27NO8/c1-29-12-11-25-20(16-7-6-8-17(31-3)23(16)33-5)19(22(27)24(25)28)21(26)15-10-9-14(30-2)13-18(15)32-4/h6-10,13,20,26H,11-12H2,1-5H3/b21-19+. The van der Waals surface area contributed by atoms with Crippen LogP contribution >= 0.6 is 0 Å². The first-order valence-corrected chi connectivity index (χ1v) is 10.1. The second-order valence-corrected chi connectivity index (χ2v) is 7.13. The second kappa shape index (κ2) is 10.3. The number of para-hydroxylation sites is 1. The van der Waals surface area contributed by atoms with Gasteiger partial charge in [-0.15, -0.1) is 0 Å². The van der Waals surface area contributed by atoms with E-state index in [1.807, 2.05) is 0 Å². The van der Waals surface area contributed by atoms with Crippen LogP contribution < -0.4 is 18.9 Å². The van der Waals surface area contributed by atoms with E-state index in [2.05, 4.69) is 0 Å². The van der Waals surface area contributed by atoms with Gasteiger partial charge in [0.2, 0.25) is 0 Å². The fourth-order valence-electron chi connectivity index (χ4n) is 3.89. The van der Waals surface area contributed by atoms with Gasteiger partial charge in [0.1, 0.15) is 17.3 Å². The van der Waals surface area contributed by atoms with Crippen molar-refractivity contribution in [1.82, 2.24) is 4.90 Å². The highest BCUT2D eigenvalue weighted by atomic mass is 16.5. The maximum atomic E-state index is 13.2. The van der Waals surface area contributed by atoms with Crippen molar-refractivity contribution in [3.8, 4) is 23.0 Å². The normalized spacial score (nSPS) is 17.2. The first-order valence-electron chi connectivity index (χ1n) is 10.1. The van der Waals surface area contributed by atoms with Crippen LogP contribution in [0.2, 0.25) is 0 Å². The van der Waals surface area contributed by atoms with E-state index in [1.165, 1.54) is 40.4 Å². The van der Waals surface area contributed by atoms with Crippen molar-refractivity contribution < 1.29 is 38.4 Å². The van der Waals surface area contributed by atoms with Crippen LogP contribution in [0.1, 0.15) is 17.2 Å². The molecular weight excluding hydrogens is 430 g/mol. The second-order valence-electron chi connectivity index (χ2n) is 7.13. The largest absolute Gasteiger partial charge is 0.507 e. The summed E-state index contributed by atoms with van der Waals surface area (Å²) < 4.78 is 26.7. The number of methoxy groups -OCH3 is 5. The van der Waals surface area contributed by atoms with Crippen LogP contribution in [0.4, 0.5) is 0 Å². The van der Waals surface area contributed by atoms with Crippen molar-refractivity contribution in [1.29, 1.82) is 0 Å². The Kier molecular flexibility index (Phi) is 7.44. The summed E-state index contributed by atoms with van der Waals surface area (Å²) >= 11 is 0. The van der Waals surface area contributed by atoms with Crippen molar-refractivity contribution in [2.24, 2.45) is 0 Å². The number of ketones is 1. The monoisotopic (exact) mass is 457 g/mol. The number of likely N-dealkylation sites (tertiary alicyclic amines) is 1. The molecule has 0 aromatic heterocycles. The van der Waals surface area contributed by atoms with Crippen LogP contribution in [0.25, 0.3) is 5.76 Å². The predicted molar refractivity (Wildman–Crippen MR) is 120 cm³/mol. The molecular formula is C24H27NO8. The molecule has 3 rings (SSSR count). The fraction of sp³-hybridized carbons (Fsp3) is 0.333. The quantitative estimate of drug-likeness (QED) is 0.348. The lowest BCUT2D eigenvalue weighted by Crippen LogP contribution is -2.32. The van der Waals surface area contributed by atoms with Crippen LogP contribution in [0, 0.1) is 0 Å². The minimum Gasteiger partial charge on any atom is -0.507 e. The van der Waals surface area contributed by atoms with Gasteiger partial charge >= 0.3 is 0 Å². The van der Waals surface area contributed by atoms with Gasteiger partial charge in [-0.2, -0.15) is 0 Å². The number of aliphatic hydroxyl groups excluding tert-OH is 1. The van der Waals surface area contributed by atoms with Crippen LogP contribution in [0.15, 0.2) is 42.0 Å². The van der Waals surface area contributed by atoms with Gasteiger partial charge in [-0.25, -0.2) is 0 Å². The molecule has 1 N–H and O–H groups in total. The highest BCUT2D eigenvalue weighted by Gasteiger charge is 2.47. The molecule has 1 unspecified atom stereocenters. The van der Waals surface area contributed by atoms with Crippen LogP contribution in [0.5, 0.6) is 23.0 Å². The summed E-state index contributed by atoms with van der Waals surface area (Å²) in [5.74, 6) is -0.382. The molecule has 1 aliphatic rings. The van der Waals surface area contributed by atoms with Gasteiger partial charge in [-0.05, 0) is 18.2 Å². The molecule has 2 aromatic rings. The number of hydrogen-bond donors (Lipinski definition) is 1. The van der Waals surface area contributed by atoms with E-state index in [0.29, 0.717) is 22.8 Å². The number of nitrogens with zero attached hydrogens (tertiary/aromatic N) is 1. The molecule has 1 aliphatic heterocycles. The highest BCUT2D eigenvalue weighted by molar-refractivity contribution is 6.46. The number of aliphatic hydroxyl groups is 1. The molecule has 33 heavy (non-hydrogen) atoms. The number of carbonyl (C=O) groups is 2. The van der Waals surface area contributed by atoms with Crippen molar-refractivity contribution in [3.63, 3.8) is 0 Å². The Labute approximate surface area is 192 Å². The Bertz CT molecular complexity index is 1080. The predicted octanol–water partition coefficient (Wildman–Crippen LogP) is 2.79. The van der Waals surface area contributed by atoms with Gasteiger partial charge in [-0.1, -0.05) is 12.1 Å². The molecule has 1 amide bonds. The number of ether oxygens (including phenoxy) is 5. The average molecular weight is 457 g/mol. The smallest absolute Gasteiger partial charge is 0.295 e. The van der Waals surface area contributed by atoms with E-state index < -0.39 is 17.7 Å². The summed E-state index contributed by atoms with van der Waals surface area (Å²) in [4.78, 5) is 27.5. The molecule has 0 bridgehead atoms. The van der Waals surface area contributed by atoms with Gasteiger partial charge < -0.3 is 33.7 Å². The van der Waals surface area contributed by atoms with E-state index in [-0.39, 0.29) is 35.8 Å². The van der Waals surface area contributed by atoms with Gasteiger partial charge in [0.15, 0.2) is 11.5 Å². The van der Waals surface area contributed by atoms with Crippen molar-refractivity contribution in [2.75, 3.05) is 48.7 Å². The van der Waals surface area contributed by atoms with Crippen LogP contribution in [0.3, 0.4) is 0 Å². The summed E-state index contributed by atoms with van der Waals surface area (Å²) in [5, 5.41) is 11.3. The van der Waals surface area contributed by atoms with Gasteiger partial charge in [-0.3, -0.25) is 9.59 Å². The first-order chi connectivity index (χ1) is 15.9. The molecule has 1 atom stereocenters. The molecule has 1 fully saturated rings. The molecule has 2 aromatic carbocycles. The lowest BCUT2D eigenvalue weighted by molar-refractivity contribution is -0.140. The summed E-state index contributed by atoms with van der Waals surface area (Å²) in [5.41, 5.74) is 0.641. The van der Waals surface area contributed by atoms with Crippen molar-refractivity contribution in [2.45, 2.75) is 6.04 Å². The number of Topliss-reactive ketones (excluding diaryl/α,β-unsaturated/α-hetero) is 1. The molecule has 0 saturated carbocycles. The third-order valence-electron chi connectivity index (χ3n) is 5.47. The number of rotatable bonds is 9. The zero-order valence-corrected chi connectivity index (χ0v) is 19.2. The van der Waals surface area contributed by atoms with Crippen LogP contribution in [-0.4, -0.2) is 70.4 Å². The van der Waals surface area contributed by atoms with Gasteiger partial charge in [0.25, 0.3) is 11.7 Å². The molecule has 9 nitrogen and oxygen atoms in total. The van der Waals surface area contributed by atoms with Crippen molar-refractivity contribution in [3.05, 3.63) is 53.1 Å². The summed E-state index contributed by atoms with van der Waals surface area (Å²) in [6.45, 7) is 0.324. The summed E-state index contributed by atoms with van der Waals surface area (Å²) in [7, 11) is 7.40. The minimum absolute atomic E-state index is 0.0916. The maximum Gasteiger partial charge on any atom is 0.295 e. The summed E-state index contributed by atoms with van der Waals surface area (Å²) in [6.07, 6.45) is 0. The third kappa shape index (κ3) is 4.31.